The van der Waals surface area contributed by atoms with Crippen LogP contribution in [0.5, 0.6) is 0 Å². The van der Waals surface area contributed by atoms with Crippen LogP contribution in [0.4, 0.5) is 11.4 Å². The predicted octanol–water partition coefficient (Wildman–Crippen LogP) is 13.5. The third-order valence-electron chi connectivity index (χ3n) is 12.3. The Bertz CT molecular complexity index is 2900. The van der Waals surface area contributed by atoms with E-state index in [2.05, 4.69) is 189 Å². The maximum absolute atomic E-state index is 6.40. The maximum atomic E-state index is 6.40. The van der Waals surface area contributed by atoms with Crippen LogP contribution < -0.4 is 4.90 Å². The Hall–Kier alpha value is -6.64. The fourth-order valence-corrected chi connectivity index (χ4v) is 10.00. The predicted molar refractivity (Wildman–Crippen MR) is 224 cm³/mol. The summed E-state index contributed by atoms with van der Waals surface area (Å²) in [6.07, 6.45) is 6.24. The van der Waals surface area contributed by atoms with Gasteiger partial charge >= 0.3 is 0 Å². The van der Waals surface area contributed by atoms with Gasteiger partial charge in [0.05, 0.1) is 11.1 Å². The van der Waals surface area contributed by atoms with Crippen LogP contribution in [0.2, 0.25) is 0 Å². The standard InChI is InChI=1S/C52H37NO/c1-4-5-16-41-38-20-9-14-25-46(38)52(44-23-12-7-18-36(44)37-19-8-13-24-45(37)52)50(41)53(33-28-30-49-42(31-33)40-21-10-15-26-48(40)54-49)34-27-29-39-35-17-6-11-22-43(35)51(2,3)47(39)32-34/h4-32H,1H2,2-3H3/b16-5-. The molecule has 1 spiro atoms. The SMILES string of the molecule is C=C/C=C\C1=C(N(c2ccc3c(c2)C(C)(C)c2ccccc2-3)c2ccc3oc4ccccc4c3c2)C2(c3ccccc31)c1ccccc1-c1ccccc12. The zero-order valence-electron chi connectivity index (χ0n) is 30.3. The van der Waals surface area contributed by atoms with Gasteiger partial charge in [-0.3, -0.25) is 0 Å². The van der Waals surface area contributed by atoms with E-state index in [1.54, 1.807) is 0 Å². The van der Waals surface area contributed by atoms with E-state index in [0.29, 0.717) is 0 Å². The summed E-state index contributed by atoms with van der Waals surface area (Å²) in [5, 5.41) is 2.21. The van der Waals surface area contributed by atoms with Gasteiger partial charge in [0.15, 0.2) is 0 Å². The minimum atomic E-state index is -0.602. The molecule has 2 nitrogen and oxygen atoms in total. The molecule has 54 heavy (non-hydrogen) atoms. The third-order valence-corrected chi connectivity index (χ3v) is 12.3. The Morgan fingerprint density at radius 1 is 0.500 bits per heavy atom. The second-order valence-corrected chi connectivity index (χ2v) is 15.3. The lowest BCUT2D eigenvalue weighted by molar-refractivity contribution is 0.660. The monoisotopic (exact) mass is 691 g/mol. The zero-order valence-corrected chi connectivity index (χ0v) is 30.3. The van der Waals surface area contributed by atoms with E-state index >= 15 is 0 Å². The maximum Gasteiger partial charge on any atom is 0.135 e. The summed E-state index contributed by atoms with van der Waals surface area (Å²) in [5.74, 6) is 0. The van der Waals surface area contributed by atoms with Crippen molar-refractivity contribution in [2.45, 2.75) is 24.7 Å². The van der Waals surface area contributed by atoms with Gasteiger partial charge < -0.3 is 9.32 Å². The number of allylic oxidation sites excluding steroid dienone is 5. The van der Waals surface area contributed by atoms with Crippen molar-refractivity contribution in [1.82, 2.24) is 0 Å². The first-order valence-electron chi connectivity index (χ1n) is 18.8. The van der Waals surface area contributed by atoms with E-state index in [1.807, 2.05) is 12.1 Å². The average molecular weight is 692 g/mol. The molecule has 8 aromatic rings. The molecule has 0 unspecified atom stereocenters. The van der Waals surface area contributed by atoms with Gasteiger partial charge in [0.25, 0.3) is 0 Å². The lowest BCUT2D eigenvalue weighted by atomic mass is 9.71. The van der Waals surface area contributed by atoms with Crippen LogP contribution in [0.1, 0.15) is 47.2 Å². The highest BCUT2D eigenvalue weighted by Gasteiger charge is 2.55. The molecule has 0 N–H and O–H groups in total. The number of rotatable bonds is 5. The van der Waals surface area contributed by atoms with E-state index < -0.39 is 5.41 Å². The van der Waals surface area contributed by atoms with Gasteiger partial charge in [-0.25, -0.2) is 0 Å². The van der Waals surface area contributed by atoms with Crippen molar-refractivity contribution in [3.8, 4) is 22.3 Å². The molecule has 1 heterocycles. The summed E-state index contributed by atoms with van der Waals surface area (Å²) in [6.45, 7) is 8.85. The molecule has 1 aromatic heterocycles. The Morgan fingerprint density at radius 3 is 1.72 bits per heavy atom. The molecule has 0 saturated carbocycles. The normalized spacial score (nSPS) is 15.4. The van der Waals surface area contributed by atoms with Crippen molar-refractivity contribution in [3.63, 3.8) is 0 Å². The number of furan rings is 1. The molecule has 11 rings (SSSR count). The van der Waals surface area contributed by atoms with Crippen molar-refractivity contribution in [2.75, 3.05) is 4.90 Å². The van der Waals surface area contributed by atoms with Crippen molar-refractivity contribution in [2.24, 2.45) is 0 Å². The molecule has 2 heteroatoms. The summed E-state index contributed by atoms with van der Waals surface area (Å²) < 4.78 is 6.40. The van der Waals surface area contributed by atoms with Crippen LogP contribution in [0.15, 0.2) is 193 Å². The second kappa shape index (κ2) is 11.2. The van der Waals surface area contributed by atoms with Gasteiger partial charge in [0, 0.05) is 33.1 Å². The fourth-order valence-electron chi connectivity index (χ4n) is 10.00. The number of para-hydroxylation sites is 1. The molecule has 0 radical (unpaired) electrons. The number of benzene rings is 7. The van der Waals surface area contributed by atoms with Crippen molar-refractivity contribution < 1.29 is 4.42 Å². The Kier molecular flexibility index (Phi) is 6.41. The molecule has 0 atom stereocenters. The smallest absolute Gasteiger partial charge is 0.135 e. The largest absolute Gasteiger partial charge is 0.456 e. The summed E-state index contributed by atoms with van der Waals surface area (Å²) in [5.41, 5.74) is 18.6. The highest BCUT2D eigenvalue weighted by atomic mass is 16.3. The number of hydrogen-bond donors (Lipinski definition) is 0. The molecule has 0 bridgehead atoms. The van der Waals surface area contributed by atoms with E-state index in [0.717, 1.165) is 33.3 Å². The summed E-state index contributed by atoms with van der Waals surface area (Å²) in [4.78, 5) is 2.56. The number of fused-ring (bicyclic) bond motifs is 13. The molecule has 3 aliphatic rings. The highest BCUT2D eigenvalue weighted by Crippen LogP contribution is 2.64. The van der Waals surface area contributed by atoms with E-state index in [4.69, 9.17) is 4.42 Å². The zero-order chi connectivity index (χ0) is 36.2. The minimum Gasteiger partial charge on any atom is -0.456 e. The minimum absolute atomic E-state index is 0.166. The first kappa shape index (κ1) is 30.9. The first-order chi connectivity index (χ1) is 26.5. The van der Waals surface area contributed by atoms with Crippen LogP contribution in [0.3, 0.4) is 0 Å². The lowest BCUT2D eigenvalue weighted by Gasteiger charge is -2.40. The molecule has 0 amide bonds. The average Bonchev–Trinajstić information content (AvgIpc) is 3.89. The van der Waals surface area contributed by atoms with E-state index in [1.165, 1.54) is 66.9 Å². The topological polar surface area (TPSA) is 16.4 Å². The van der Waals surface area contributed by atoms with E-state index in [-0.39, 0.29) is 5.41 Å². The van der Waals surface area contributed by atoms with Crippen LogP contribution in [-0.4, -0.2) is 0 Å². The van der Waals surface area contributed by atoms with Gasteiger partial charge in [-0.15, -0.1) is 0 Å². The second-order valence-electron chi connectivity index (χ2n) is 15.3. The molecule has 3 aliphatic carbocycles. The van der Waals surface area contributed by atoms with Gasteiger partial charge in [-0.1, -0.05) is 160 Å². The molecule has 0 aliphatic heterocycles. The molecular formula is C52H37NO. The van der Waals surface area contributed by atoms with Gasteiger partial charge in [-0.05, 0) is 92.0 Å². The molecule has 0 saturated heterocycles. The molecule has 256 valence electrons. The van der Waals surface area contributed by atoms with Gasteiger partial charge in [0.1, 0.15) is 11.2 Å². The molecule has 7 aromatic carbocycles. The summed E-state index contributed by atoms with van der Waals surface area (Å²) >= 11 is 0. The van der Waals surface area contributed by atoms with Crippen molar-refractivity contribution in [3.05, 3.63) is 222 Å². The van der Waals surface area contributed by atoms with Crippen LogP contribution in [-0.2, 0) is 10.8 Å². The van der Waals surface area contributed by atoms with Crippen LogP contribution >= 0.6 is 0 Å². The Labute approximate surface area is 315 Å². The molecular weight excluding hydrogens is 655 g/mol. The lowest BCUT2D eigenvalue weighted by Crippen LogP contribution is -2.36. The van der Waals surface area contributed by atoms with E-state index in [9.17, 15) is 0 Å². The number of hydrogen-bond acceptors (Lipinski definition) is 2. The third kappa shape index (κ3) is 3.95. The summed E-state index contributed by atoms with van der Waals surface area (Å²) in [6, 6.07) is 58.2. The quantitative estimate of drug-likeness (QED) is 0.167. The number of nitrogens with zero attached hydrogens (tertiary/aromatic N) is 1. The summed E-state index contributed by atoms with van der Waals surface area (Å²) in [7, 11) is 0. The van der Waals surface area contributed by atoms with Crippen molar-refractivity contribution >= 4 is 38.9 Å². The highest BCUT2D eigenvalue weighted by molar-refractivity contribution is 6.07. The number of anilines is 2. The van der Waals surface area contributed by atoms with Crippen LogP contribution in [0, 0.1) is 0 Å². The van der Waals surface area contributed by atoms with Crippen LogP contribution in [0.25, 0.3) is 49.8 Å². The van der Waals surface area contributed by atoms with Gasteiger partial charge in [0.2, 0.25) is 0 Å². The first-order valence-corrected chi connectivity index (χ1v) is 18.8. The Morgan fingerprint density at radius 2 is 1.02 bits per heavy atom. The Balaban J connectivity index is 1.29. The van der Waals surface area contributed by atoms with Gasteiger partial charge in [-0.2, -0.15) is 0 Å². The van der Waals surface area contributed by atoms with Crippen molar-refractivity contribution in [1.29, 1.82) is 0 Å². The molecule has 0 fully saturated rings. The fraction of sp³-hybridized carbons (Fsp3) is 0.0769.